The van der Waals surface area contributed by atoms with Crippen LogP contribution in [0.5, 0.6) is 0 Å². The Hall–Kier alpha value is -2.81. The first kappa shape index (κ1) is 22.9. The minimum Gasteiger partial charge on any atom is -0.352 e. The van der Waals surface area contributed by atoms with Gasteiger partial charge in [-0.2, -0.15) is 13.2 Å². The number of halogens is 4. The summed E-state index contributed by atoms with van der Waals surface area (Å²) in [6.07, 6.45) is -3.76. The Morgan fingerprint density at radius 1 is 1.10 bits per heavy atom. The second kappa shape index (κ2) is 9.13. The van der Waals surface area contributed by atoms with E-state index in [1.807, 2.05) is 19.9 Å². The molecule has 10 heteroatoms. The molecule has 2 heterocycles. The van der Waals surface area contributed by atoms with Crippen LogP contribution < -0.4 is 10.2 Å². The summed E-state index contributed by atoms with van der Waals surface area (Å²) in [7, 11) is 0. The molecule has 1 fully saturated rings. The Morgan fingerprint density at radius 2 is 1.77 bits per heavy atom. The molecule has 3 rings (SSSR count). The van der Waals surface area contributed by atoms with Crippen molar-refractivity contribution >= 4 is 29.2 Å². The van der Waals surface area contributed by atoms with E-state index in [4.69, 9.17) is 11.6 Å². The molecule has 1 aromatic carbocycles. The predicted octanol–water partition coefficient (Wildman–Crippen LogP) is 3.45. The number of aryl methyl sites for hydroxylation is 2. The molecule has 0 saturated carbocycles. The van der Waals surface area contributed by atoms with Crippen molar-refractivity contribution in [3.05, 3.63) is 57.7 Å². The second-order valence-electron chi connectivity index (χ2n) is 7.38. The largest absolute Gasteiger partial charge is 0.417 e. The molecule has 0 aliphatic carbocycles. The van der Waals surface area contributed by atoms with Gasteiger partial charge in [0.05, 0.1) is 17.1 Å². The molecule has 166 valence electrons. The number of carbonyl (C=O) groups excluding carboxylic acids is 2. The minimum absolute atomic E-state index is 0.0877. The van der Waals surface area contributed by atoms with Gasteiger partial charge in [0.15, 0.2) is 0 Å². The number of carbonyl (C=O) groups is 2. The molecule has 1 aromatic heterocycles. The van der Waals surface area contributed by atoms with E-state index < -0.39 is 11.7 Å². The summed E-state index contributed by atoms with van der Waals surface area (Å²) in [4.78, 5) is 31.9. The molecule has 0 bridgehead atoms. The van der Waals surface area contributed by atoms with Crippen LogP contribution in [0.15, 0.2) is 30.5 Å². The standard InChI is InChI=1S/C21H22ClF3N4O2/c1-13-3-4-15(9-14(13)2)20(31)27-12-18(30)28-5-7-29(8-6-28)19-17(22)10-16(11-26-19)21(23,24)25/h3-4,9-11H,5-8,12H2,1-2H3,(H,27,31). The van der Waals surface area contributed by atoms with E-state index >= 15 is 0 Å². The first-order valence-corrected chi connectivity index (χ1v) is 10.0. The van der Waals surface area contributed by atoms with Crippen molar-refractivity contribution in [2.75, 3.05) is 37.6 Å². The van der Waals surface area contributed by atoms with E-state index in [1.54, 1.807) is 21.9 Å². The first-order valence-electron chi connectivity index (χ1n) is 9.67. The molecule has 1 N–H and O–H groups in total. The lowest BCUT2D eigenvalue weighted by Gasteiger charge is -2.35. The van der Waals surface area contributed by atoms with E-state index in [-0.39, 0.29) is 29.2 Å². The summed E-state index contributed by atoms with van der Waals surface area (Å²) < 4.78 is 38.3. The van der Waals surface area contributed by atoms with Gasteiger partial charge in [0.2, 0.25) is 5.91 Å². The van der Waals surface area contributed by atoms with Crippen LogP contribution in [0.2, 0.25) is 5.02 Å². The van der Waals surface area contributed by atoms with Crippen LogP contribution in [0.25, 0.3) is 0 Å². The molecule has 0 atom stereocenters. The number of piperazine rings is 1. The Labute approximate surface area is 183 Å². The monoisotopic (exact) mass is 454 g/mol. The summed E-state index contributed by atoms with van der Waals surface area (Å²) in [5.41, 5.74) is 1.65. The maximum Gasteiger partial charge on any atom is 0.417 e. The Morgan fingerprint density at radius 3 is 2.35 bits per heavy atom. The van der Waals surface area contributed by atoms with Crippen molar-refractivity contribution in [2.24, 2.45) is 0 Å². The van der Waals surface area contributed by atoms with Crippen LogP contribution in [-0.4, -0.2) is 54.4 Å². The third-order valence-corrected chi connectivity index (χ3v) is 5.53. The molecule has 1 saturated heterocycles. The maximum atomic E-state index is 12.8. The van der Waals surface area contributed by atoms with Gasteiger partial charge in [-0.05, 0) is 43.2 Å². The van der Waals surface area contributed by atoms with Crippen LogP contribution >= 0.6 is 11.6 Å². The summed E-state index contributed by atoms with van der Waals surface area (Å²) in [6.45, 7) is 5.16. The zero-order chi connectivity index (χ0) is 22.8. The molecule has 6 nitrogen and oxygen atoms in total. The molecule has 1 aliphatic heterocycles. The van der Waals surface area contributed by atoms with Crippen molar-refractivity contribution in [3.8, 4) is 0 Å². The number of nitrogens with zero attached hydrogens (tertiary/aromatic N) is 3. The number of aromatic nitrogens is 1. The number of pyridine rings is 1. The molecule has 0 spiro atoms. The molecular weight excluding hydrogens is 433 g/mol. The van der Waals surface area contributed by atoms with Crippen molar-refractivity contribution in [1.82, 2.24) is 15.2 Å². The van der Waals surface area contributed by atoms with Gasteiger partial charge in [0, 0.05) is 37.9 Å². The number of nitrogens with one attached hydrogen (secondary N) is 1. The number of hydrogen-bond acceptors (Lipinski definition) is 4. The average molecular weight is 455 g/mol. The number of rotatable bonds is 4. The van der Waals surface area contributed by atoms with Gasteiger partial charge in [-0.3, -0.25) is 9.59 Å². The Bertz CT molecular complexity index is 989. The molecular formula is C21H22ClF3N4O2. The normalized spacial score (nSPS) is 14.5. The lowest BCUT2D eigenvalue weighted by Crippen LogP contribution is -2.51. The van der Waals surface area contributed by atoms with Gasteiger partial charge in [0.25, 0.3) is 5.91 Å². The summed E-state index contributed by atoms with van der Waals surface area (Å²) in [6, 6.07) is 6.19. The van der Waals surface area contributed by atoms with E-state index in [0.29, 0.717) is 31.7 Å². The minimum atomic E-state index is -4.51. The van der Waals surface area contributed by atoms with Crippen LogP contribution in [0.3, 0.4) is 0 Å². The van der Waals surface area contributed by atoms with E-state index in [2.05, 4.69) is 10.3 Å². The molecule has 2 aromatic rings. The van der Waals surface area contributed by atoms with Gasteiger partial charge in [0.1, 0.15) is 5.82 Å². The van der Waals surface area contributed by atoms with E-state index in [9.17, 15) is 22.8 Å². The summed E-state index contributed by atoms with van der Waals surface area (Å²) in [5, 5.41) is 2.54. The summed E-state index contributed by atoms with van der Waals surface area (Å²) in [5.74, 6) is -0.302. The smallest absolute Gasteiger partial charge is 0.352 e. The highest BCUT2D eigenvalue weighted by Crippen LogP contribution is 2.33. The molecule has 31 heavy (non-hydrogen) atoms. The predicted molar refractivity (Wildman–Crippen MR) is 111 cm³/mol. The van der Waals surface area contributed by atoms with Crippen LogP contribution in [0, 0.1) is 13.8 Å². The highest BCUT2D eigenvalue weighted by atomic mass is 35.5. The molecule has 2 amide bonds. The molecule has 1 aliphatic rings. The quantitative estimate of drug-likeness (QED) is 0.768. The van der Waals surface area contributed by atoms with Crippen molar-refractivity contribution in [3.63, 3.8) is 0 Å². The highest BCUT2D eigenvalue weighted by molar-refractivity contribution is 6.33. The van der Waals surface area contributed by atoms with Gasteiger partial charge in [-0.15, -0.1) is 0 Å². The summed E-state index contributed by atoms with van der Waals surface area (Å²) >= 11 is 6.00. The fraction of sp³-hybridized carbons (Fsp3) is 0.381. The molecule has 0 unspecified atom stereocenters. The fourth-order valence-electron chi connectivity index (χ4n) is 3.24. The second-order valence-corrected chi connectivity index (χ2v) is 7.78. The topological polar surface area (TPSA) is 65.5 Å². The van der Waals surface area contributed by atoms with Gasteiger partial charge >= 0.3 is 6.18 Å². The Balaban J connectivity index is 1.53. The third-order valence-electron chi connectivity index (χ3n) is 5.25. The number of alkyl halides is 3. The fourth-order valence-corrected chi connectivity index (χ4v) is 3.52. The molecule has 0 radical (unpaired) electrons. The van der Waals surface area contributed by atoms with Crippen molar-refractivity contribution in [2.45, 2.75) is 20.0 Å². The average Bonchev–Trinajstić information content (AvgIpc) is 2.73. The maximum absolute atomic E-state index is 12.8. The Kier molecular flexibility index (Phi) is 6.74. The number of anilines is 1. The lowest BCUT2D eigenvalue weighted by atomic mass is 10.1. The van der Waals surface area contributed by atoms with Gasteiger partial charge < -0.3 is 15.1 Å². The lowest BCUT2D eigenvalue weighted by molar-refractivity contribution is -0.137. The SMILES string of the molecule is Cc1ccc(C(=O)NCC(=O)N2CCN(c3ncc(C(F)(F)F)cc3Cl)CC2)cc1C. The zero-order valence-electron chi connectivity index (χ0n) is 17.1. The zero-order valence-corrected chi connectivity index (χ0v) is 17.8. The number of hydrogen-bond donors (Lipinski definition) is 1. The first-order chi connectivity index (χ1) is 14.6. The van der Waals surface area contributed by atoms with Gasteiger partial charge in [-0.25, -0.2) is 4.98 Å². The van der Waals surface area contributed by atoms with Crippen molar-refractivity contribution in [1.29, 1.82) is 0 Å². The van der Waals surface area contributed by atoms with Crippen LogP contribution in [0.4, 0.5) is 19.0 Å². The highest BCUT2D eigenvalue weighted by Gasteiger charge is 2.32. The van der Waals surface area contributed by atoms with E-state index in [0.717, 1.165) is 23.4 Å². The van der Waals surface area contributed by atoms with Gasteiger partial charge in [-0.1, -0.05) is 17.7 Å². The van der Waals surface area contributed by atoms with Crippen LogP contribution in [-0.2, 0) is 11.0 Å². The van der Waals surface area contributed by atoms with Crippen LogP contribution in [0.1, 0.15) is 27.0 Å². The number of amides is 2. The number of benzene rings is 1. The van der Waals surface area contributed by atoms with Crippen molar-refractivity contribution < 1.29 is 22.8 Å². The third kappa shape index (κ3) is 5.46. The van der Waals surface area contributed by atoms with E-state index in [1.165, 1.54) is 0 Å².